The van der Waals surface area contributed by atoms with Gasteiger partial charge in [0.15, 0.2) is 6.04 Å². The zero-order valence-corrected chi connectivity index (χ0v) is 10.4. The molecule has 0 spiro atoms. The molecule has 0 radical (unpaired) electrons. The minimum Gasteiger partial charge on any atom is -0.480 e. The molecule has 0 aliphatic rings. The monoisotopic (exact) mass is 268 g/mol. The van der Waals surface area contributed by atoms with Crippen LogP contribution in [0.15, 0.2) is 29.2 Å². The van der Waals surface area contributed by atoms with Crippen LogP contribution in [0.4, 0.5) is 0 Å². The third-order valence-corrected chi connectivity index (χ3v) is 2.54. The highest BCUT2D eigenvalue weighted by atomic mass is 16.4. The summed E-state index contributed by atoms with van der Waals surface area (Å²) in [5, 5.41) is 20.2. The number of aryl methyl sites for hydroxylation is 1. The number of aromatic nitrogens is 1. The molecule has 1 aromatic heterocycles. The van der Waals surface area contributed by atoms with Gasteiger partial charge in [0.05, 0.1) is 6.10 Å². The van der Waals surface area contributed by atoms with Crippen molar-refractivity contribution in [3.8, 4) is 0 Å². The molecule has 0 bridgehead atoms. The molecule has 1 heterocycles. The molecule has 0 aliphatic carbocycles. The van der Waals surface area contributed by atoms with Gasteiger partial charge in [0.2, 0.25) is 5.91 Å². The lowest BCUT2D eigenvalue weighted by atomic mass is 10.2. The summed E-state index contributed by atoms with van der Waals surface area (Å²) in [7, 11) is 0. The minimum atomic E-state index is -1.35. The number of carboxylic acid groups (broad SMARTS) is 1. The highest BCUT2D eigenvalue weighted by Gasteiger charge is 2.24. The Morgan fingerprint density at radius 3 is 2.63 bits per heavy atom. The van der Waals surface area contributed by atoms with Crippen LogP contribution in [0.2, 0.25) is 0 Å². The SMILES string of the molecule is CC(O)C(NC(=O)CCn1ccccc1=O)C(=O)O. The van der Waals surface area contributed by atoms with Crippen molar-refractivity contribution in [2.24, 2.45) is 0 Å². The molecule has 0 saturated carbocycles. The maximum atomic E-state index is 11.5. The number of nitrogens with one attached hydrogen (secondary N) is 1. The number of aliphatic carboxylic acids is 1. The van der Waals surface area contributed by atoms with Gasteiger partial charge in [0.25, 0.3) is 5.56 Å². The van der Waals surface area contributed by atoms with Crippen molar-refractivity contribution in [3.63, 3.8) is 0 Å². The molecule has 3 N–H and O–H groups in total. The normalized spacial score (nSPS) is 13.6. The first-order valence-corrected chi connectivity index (χ1v) is 5.77. The highest BCUT2D eigenvalue weighted by molar-refractivity contribution is 5.83. The fraction of sp³-hybridized carbons (Fsp3) is 0.417. The molecule has 1 aromatic rings. The van der Waals surface area contributed by atoms with Gasteiger partial charge in [-0.15, -0.1) is 0 Å². The number of nitrogens with zero attached hydrogens (tertiary/aromatic N) is 1. The summed E-state index contributed by atoms with van der Waals surface area (Å²) in [5.41, 5.74) is -0.236. The van der Waals surface area contributed by atoms with Crippen LogP contribution in [0.5, 0.6) is 0 Å². The zero-order valence-electron chi connectivity index (χ0n) is 10.4. The Kier molecular flexibility index (Phi) is 5.25. The molecule has 2 unspecified atom stereocenters. The second kappa shape index (κ2) is 6.69. The van der Waals surface area contributed by atoms with Crippen LogP contribution in [0, 0.1) is 0 Å². The van der Waals surface area contributed by atoms with Gasteiger partial charge in [-0.3, -0.25) is 9.59 Å². The molecule has 1 rings (SSSR count). The zero-order chi connectivity index (χ0) is 14.4. The van der Waals surface area contributed by atoms with Crippen LogP contribution in [0.3, 0.4) is 0 Å². The summed E-state index contributed by atoms with van der Waals surface area (Å²) >= 11 is 0. The highest BCUT2D eigenvalue weighted by Crippen LogP contribution is 1.95. The van der Waals surface area contributed by atoms with Crippen molar-refractivity contribution >= 4 is 11.9 Å². The van der Waals surface area contributed by atoms with Gasteiger partial charge >= 0.3 is 5.97 Å². The summed E-state index contributed by atoms with van der Waals surface area (Å²) in [6.07, 6.45) is 0.306. The molecule has 7 nitrogen and oxygen atoms in total. The number of rotatable bonds is 6. The Morgan fingerprint density at radius 2 is 2.11 bits per heavy atom. The predicted molar refractivity (Wildman–Crippen MR) is 66.6 cm³/mol. The van der Waals surface area contributed by atoms with Crippen LogP contribution >= 0.6 is 0 Å². The van der Waals surface area contributed by atoms with E-state index in [2.05, 4.69) is 5.32 Å². The number of carbonyl (C=O) groups excluding carboxylic acids is 1. The van der Waals surface area contributed by atoms with Gasteiger partial charge < -0.3 is 20.1 Å². The Hall–Kier alpha value is -2.15. The van der Waals surface area contributed by atoms with E-state index in [1.54, 1.807) is 18.3 Å². The van der Waals surface area contributed by atoms with Crippen LogP contribution in [-0.4, -0.2) is 38.8 Å². The summed E-state index contributed by atoms with van der Waals surface area (Å²) in [4.78, 5) is 33.7. The third kappa shape index (κ3) is 4.55. The Morgan fingerprint density at radius 1 is 1.42 bits per heavy atom. The lowest BCUT2D eigenvalue weighted by Gasteiger charge is -2.17. The number of carbonyl (C=O) groups is 2. The number of amides is 1. The lowest BCUT2D eigenvalue weighted by molar-refractivity contribution is -0.144. The molecule has 0 fully saturated rings. The molecule has 0 aliphatic heterocycles. The van der Waals surface area contributed by atoms with Crippen molar-refractivity contribution < 1.29 is 19.8 Å². The van der Waals surface area contributed by atoms with Crippen LogP contribution in [0.25, 0.3) is 0 Å². The maximum absolute atomic E-state index is 11.5. The number of pyridine rings is 1. The maximum Gasteiger partial charge on any atom is 0.328 e. The number of hydrogen-bond acceptors (Lipinski definition) is 4. The van der Waals surface area contributed by atoms with E-state index in [0.29, 0.717) is 0 Å². The molecular formula is C12H16N2O5. The molecule has 19 heavy (non-hydrogen) atoms. The first-order valence-electron chi connectivity index (χ1n) is 5.77. The van der Waals surface area contributed by atoms with Crippen molar-refractivity contribution in [2.75, 3.05) is 0 Å². The number of hydrogen-bond donors (Lipinski definition) is 3. The van der Waals surface area contributed by atoms with Gasteiger partial charge in [0, 0.05) is 25.2 Å². The van der Waals surface area contributed by atoms with E-state index in [0.717, 1.165) is 0 Å². The first kappa shape index (κ1) is 14.9. The predicted octanol–water partition coefficient (Wildman–Crippen LogP) is -0.811. The van der Waals surface area contributed by atoms with Crippen LogP contribution < -0.4 is 10.9 Å². The molecule has 0 saturated heterocycles. The first-order chi connectivity index (χ1) is 8.91. The van der Waals surface area contributed by atoms with Gasteiger partial charge in [-0.05, 0) is 13.0 Å². The molecular weight excluding hydrogens is 252 g/mol. The molecule has 104 valence electrons. The van der Waals surface area contributed by atoms with Crippen molar-refractivity contribution in [2.45, 2.75) is 32.0 Å². The van der Waals surface area contributed by atoms with E-state index in [1.807, 2.05) is 0 Å². The number of aliphatic hydroxyl groups excluding tert-OH is 1. The smallest absolute Gasteiger partial charge is 0.328 e. The fourth-order valence-electron chi connectivity index (χ4n) is 1.50. The van der Waals surface area contributed by atoms with Crippen molar-refractivity contribution in [1.29, 1.82) is 0 Å². The summed E-state index contributed by atoms with van der Waals surface area (Å²) in [6.45, 7) is 1.43. The van der Waals surface area contributed by atoms with E-state index in [-0.39, 0.29) is 18.5 Å². The Balaban J connectivity index is 2.55. The van der Waals surface area contributed by atoms with Crippen molar-refractivity contribution in [1.82, 2.24) is 9.88 Å². The quantitative estimate of drug-likeness (QED) is 0.625. The van der Waals surface area contributed by atoms with E-state index in [4.69, 9.17) is 5.11 Å². The third-order valence-electron chi connectivity index (χ3n) is 2.54. The fourth-order valence-corrected chi connectivity index (χ4v) is 1.50. The second-order valence-corrected chi connectivity index (χ2v) is 4.11. The van der Waals surface area contributed by atoms with Gasteiger partial charge in [-0.25, -0.2) is 4.79 Å². The molecule has 1 amide bonds. The largest absolute Gasteiger partial charge is 0.480 e. The second-order valence-electron chi connectivity index (χ2n) is 4.11. The average Bonchev–Trinajstić information content (AvgIpc) is 2.34. The Bertz CT molecular complexity index is 509. The molecule has 0 aromatic carbocycles. The van der Waals surface area contributed by atoms with E-state index >= 15 is 0 Å². The molecule has 2 atom stereocenters. The van der Waals surface area contributed by atoms with Crippen LogP contribution in [0.1, 0.15) is 13.3 Å². The van der Waals surface area contributed by atoms with Gasteiger partial charge in [0.1, 0.15) is 0 Å². The van der Waals surface area contributed by atoms with Crippen molar-refractivity contribution in [3.05, 3.63) is 34.7 Å². The van der Waals surface area contributed by atoms with E-state index in [9.17, 15) is 19.5 Å². The number of carboxylic acids is 1. The van der Waals surface area contributed by atoms with E-state index < -0.39 is 24.0 Å². The average molecular weight is 268 g/mol. The van der Waals surface area contributed by atoms with Gasteiger partial charge in [-0.2, -0.15) is 0 Å². The standard InChI is InChI=1S/C12H16N2O5/c1-8(15)11(12(18)19)13-9(16)5-7-14-6-3-2-4-10(14)17/h2-4,6,8,11,15H,5,7H2,1H3,(H,13,16)(H,18,19). The van der Waals surface area contributed by atoms with Crippen LogP contribution in [-0.2, 0) is 16.1 Å². The summed E-state index contributed by atoms with van der Waals surface area (Å²) in [5.74, 6) is -1.84. The Labute approximate surface area is 109 Å². The van der Waals surface area contributed by atoms with Gasteiger partial charge in [-0.1, -0.05) is 6.07 Å². The summed E-state index contributed by atoms with van der Waals surface area (Å²) < 4.78 is 1.34. The topological polar surface area (TPSA) is 109 Å². The lowest BCUT2D eigenvalue weighted by Crippen LogP contribution is -2.47. The van der Waals surface area contributed by atoms with E-state index in [1.165, 1.54) is 17.6 Å². The number of aliphatic hydroxyl groups is 1. The summed E-state index contributed by atoms with van der Waals surface area (Å²) in [6, 6.07) is 3.27. The molecule has 7 heteroatoms. The minimum absolute atomic E-state index is 0.0413.